The first kappa shape index (κ1) is 37.0. The van der Waals surface area contributed by atoms with Gasteiger partial charge in [0.1, 0.15) is 11.2 Å². The van der Waals surface area contributed by atoms with Crippen molar-refractivity contribution in [3.63, 3.8) is 0 Å². The van der Waals surface area contributed by atoms with Gasteiger partial charge >= 0.3 is 18.2 Å². The number of ether oxygens (including phenoxy) is 2. The number of amides is 2. The molecule has 1 aliphatic carbocycles. The molecular weight excluding hydrogens is 595 g/mol. The molecule has 1 aliphatic heterocycles. The minimum Gasteiger partial charge on any atom is -0.480 e. The van der Waals surface area contributed by atoms with Gasteiger partial charge in [0.2, 0.25) is 7.37 Å². The standard InChI is InChI=1S/C34H55N2O8P/c1-8-42-45(41)23-22-35(24-27-18-12-13-19-28(27)26-16-10-9-11-17-26)25-34(45,29(37)38)20-14-15-21-36(30(39)43-32(2,3)4)31(40)44-33(5,6)7/h12-13,18-19,26H,8-11,14-17,20-25H2,1-7H3,(H,37,38). The van der Waals surface area contributed by atoms with E-state index in [1.54, 1.807) is 48.5 Å². The molecule has 1 aromatic rings. The second-order valence-corrected chi connectivity index (χ2v) is 17.4. The lowest BCUT2D eigenvalue weighted by Crippen LogP contribution is -2.54. The number of hydrogen-bond acceptors (Lipinski definition) is 8. The molecule has 254 valence electrons. The maximum atomic E-state index is 14.3. The second-order valence-electron chi connectivity index (χ2n) is 14.5. The summed E-state index contributed by atoms with van der Waals surface area (Å²) in [5.74, 6) is -0.628. The lowest BCUT2D eigenvalue weighted by molar-refractivity contribution is -0.141. The van der Waals surface area contributed by atoms with E-state index in [2.05, 4.69) is 23.1 Å². The summed E-state index contributed by atoms with van der Waals surface area (Å²) >= 11 is 0. The van der Waals surface area contributed by atoms with Crippen LogP contribution in [-0.4, -0.2) is 81.8 Å². The van der Waals surface area contributed by atoms with Crippen molar-refractivity contribution in [3.8, 4) is 0 Å². The van der Waals surface area contributed by atoms with Crippen LogP contribution in [0.4, 0.5) is 9.59 Å². The van der Waals surface area contributed by atoms with E-state index >= 15 is 0 Å². The zero-order valence-electron chi connectivity index (χ0n) is 28.4. The van der Waals surface area contributed by atoms with Gasteiger partial charge in [-0.05, 0) is 97.6 Å². The topological polar surface area (TPSA) is 123 Å². The van der Waals surface area contributed by atoms with Crippen LogP contribution in [0.15, 0.2) is 24.3 Å². The van der Waals surface area contributed by atoms with E-state index in [9.17, 15) is 24.1 Å². The SMILES string of the molecule is CCOP1(=O)CCN(Cc2ccccc2C2CCCCC2)CC1(CCCCN(C(=O)OC(C)(C)C)C(=O)OC(C)(C)C)C(=O)O. The minimum atomic E-state index is -3.59. The summed E-state index contributed by atoms with van der Waals surface area (Å²) in [5.41, 5.74) is 0.884. The van der Waals surface area contributed by atoms with Crippen molar-refractivity contribution in [1.29, 1.82) is 0 Å². The first-order valence-corrected chi connectivity index (χ1v) is 18.3. The molecular formula is C34H55N2O8P. The zero-order chi connectivity index (χ0) is 33.5. The Morgan fingerprint density at radius 2 is 1.58 bits per heavy atom. The molecule has 1 aromatic carbocycles. The summed E-state index contributed by atoms with van der Waals surface area (Å²) < 4.78 is 31.0. The molecule has 1 N–H and O–H groups in total. The molecule has 1 saturated heterocycles. The summed E-state index contributed by atoms with van der Waals surface area (Å²) in [4.78, 5) is 42.0. The number of hydrogen-bond donors (Lipinski definition) is 1. The number of carboxylic acids is 1. The third-order valence-corrected chi connectivity index (χ3v) is 11.9. The summed E-state index contributed by atoms with van der Waals surface area (Å²) in [6.45, 7) is 13.3. The maximum absolute atomic E-state index is 14.3. The van der Waals surface area contributed by atoms with Gasteiger partial charge in [0.05, 0.1) is 6.61 Å². The molecule has 0 radical (unpaired) electrons. The fourth-order valence-corrected chi connectivity index (χ4v) is 9.43. The molecule has 1 saturated carbocycles. The van der Waals surface area contributed by atoms with E-state index in [1.165, 1.54) is 43.2 Å². The molecule has 0 spiro atoms. The van der Waals surface area contributed by atoms with E-state index in [1.807, 2.05) is 6.07 Å². The molecule has 0 bridgehead atoms. The van der Waals surface area contributed by atoms with Crippen LogP contribution < -0.4 is 0 Å². The van der Waals surface area contributed by atoms with Crippen LogP contribution in [0.2, 0.25) is 0 Å². The largest absolute Gasteiger partial charge is 0.480 e. The number of unbranched alkanes of at least 4 members (excludes halogenated alkanes) is 1. The molecule has 2 unspecified atom stereocenters. The second kappa shape index (κ2) is 15.4. The summed E-state index contributed by atoms with van der Waals surface area (Å²) in [5, 5.41) is 9.09. The number of nitrogens with zero attached hydrogens (tertiary/aromatic N) is 2. The van der Waals surface area contributed by atoms with Gasteiger partial charge in [-0.15, -0.1) is 0 Å². The van der Waals surface area contributed by atoms with E-state index in [0.717, 1.165) is 4.90 Å². The average Bonchev–Trinajstić information content (AvgIpc) is 2.93. The highest BCUT2D eigenvalue weighted by atomic mass is 31.2. The summed E-state index contributed by atoms with van der Waals surface area (Å²) in [7, 11) is -3.59. The monoisotopic (exact) mass is 650 g/mol. The van der Waals surface area contributed by atoms with Gasteiger partial charge in [0, 0.05) is 32.3 Å². The van der Waals surface area contributed by atoms with E-state index in [-0.39, 0.29) is 38.7 Å². The lowest BCUT2D eigenvalue weighted by Gasteiger charge is -2.45. The summed E-state index contributed by atoms with van der Waals surface area (Å²) in [6.07, 6.45) is 5.21. The maximum Gasteiger partial charge on any atom is 0.419 e. The number of benzene rings is 1. The highest BCUT2D eigenvalue weighted by Gasteiger charge is 2.58. The third kappa shape index (κ3) is 10.0. The van der Waals surface area contributed by atoms with Gasteiger partial charge in [-0.3, -0.25) is 14.3 Å². The molecule has 11 heteroatoms. The Morgan fingerprint density at radius 3 is 2.13 bits per heavy atom. The van der Waals surface area contributed by atoms with Gasteiger partial charge in [-0.25, -0.2) is 14.5 Å². The van der Waals surface area contributed by atoms with E-state index in [4.69, 9.17) is 14.0 Å². The minimum absolute atomic E-state index is 0.0308. The van der Waals surface area contributed by atoms with E-state index in [0.29, 0.717) is 25.4 Å². The number of carbonyl (C=O) groups is 3. The Morgan fingerprint density at radius 1 is 0.978 bits per heavy atom. The molecule has 2 atom stereocenters. The van der Waals surface area contributed by atoms with Crippen molar-refractivity contribution in [2.45, 2.75) is 129 Å². The van der Waals surface area contributed by atoms with Gasteiger partial charge in [-0.2, -0.15) is 0 Å². The van der Waals surface area contributed by atoms with Crippen LogP contribution in [0.3, 0.4) is 0 Å². The van der Waals surface area contributed by atoms with Crippen LogP contribution in [0.5, 0.6) is 0 Å². The molecule has 1 heterocycles. The molecule has 3 rings (SSSR count). The van der Waals surface area contributed by atoms with Crippen LogP contribution in [0.1, 0.15) is 117 Å². The first-order chi connectivity index (χ1) is 21.0. The Balaban J connectivity index is 1.79. The van der Waals surface area contributed by atoms with Gasteiger partial charge in [0.15, 0.2) is 5.16 Å². The van der Waals surface area contributed by atoms with Crippen molar-refractivity contribution in [3.05, 3.63) is 35.4 Å². The highest BCUT2D eigenvalue weighted by molar-refractivity contribution is 7.62. The van der Waals surface area contributed by atoms with E-state index < -0.39 is 41.9 Å². The highest BCUT2D eigenvalue weighted by Crippen LogP contribution is 2.63. The predicted molar refractivity (Wildman–Crippen MR) is 175 cm³/mol. The summed E-state index contributed by atoms with van der Waals surface area (Å²) in [6, 6.07) is 8.44. The Bertz CT molecular complexity index is 1190. The normalized spacial score (nSPS) is 23.4. The van der Waals surface area contributed by atoms with Crippen molar-refractivity contribution in [1.82, 2.24) is 9.80 Å². The molecule has 45 heavy (non-hydrogen) atoms. The molecule has 2 fully saturated rings. The van der Waals surface area contributed by atoms with Crippen LogP contribution >= 0.6 is 7.37 Å². The average molecular weight is 651 g/mol. The third-order valence-electron chi connectivity index (χ3n) is 8.53. The molecule has 10 nitrogen and oxygen atoms in total. The van der Waals surface area contributed by atoms with Gasteiger partial charge in [0.25, 0.3) is 0 Å². The van der Waals surface area contributed by atoms with Crippen LogP contribution in [-0.2, 0) is 29.9 Å². The van der Waals surface area contributed by atoms with Crippen LogP contribution in [0.25, 0.3) is 0 Å². The number of aliphatic carboxylic acids is 1. The zero-order valence-corrected chi connectivity index (χ0v) is 29.3. The Hall–Kier alpha value is -2.42. The molecule has 0 aromatic heterocycles. The van der Waals surface area contributed by atoms with Crippen molar-refractivity contribution < 1.29 is 38.1 Å². The number of imide groups is 1. The predicted octanol–water partition coefficient (Wildman–Crippen LogP) is 8.03. The Kier molecular flexibility index (Phi) is 12.7. The Labute approximate surface area is 269 Å². The number of carbonyl (C=O) groups excluding carboxylic acids is 2. The fraction of sp³-hybridized carbons (Fsp3) is 0.735. The van der Waals surface area contributed by atoms with Gasteiger partial charge < -0.3 is 19.1 Å². The first-order valence-electron chi connectivity index (χ1n) is 16.5. The number of carboxylic acid groups (broad SMARTS) is 1. The van der Waals surface area contributed by atoms with Crippen LogP contribution in [0, 0.1) is 0 Å². The van der Waals surface area contributed by atoms with Gasteiger partial charge in [-0.1, -0.05) is 43.5 Å². The number of rotatable bonds is 11. The lowest BCUT2D eigenvalue weighted by atomic mass is 9.82. The van der Waals surface area contributed by atoms with Crippen molar-refractivity contribution in [2.75, 3.05) is 32.4 Å². The van der Waals surface area contributed by atoms with Crippen molar-refractivity contribution in [2.24, 2.45) is 0 Å². The molecule has 2 aliphatic rings. The smallest absolute Gasteiger partial charge is 0.419 e. The molecule has 2 amide bonds. The quantitative estimate of drug-likeness (QED) is 0.187. The fourth-order valence-electron chi connectivity index (χ4n) is 6.45. The van der Waals surface area contributed by atoms with Crippen molar-refractivity contribution >= 4 is 25.5 Å².